The highest BCUT2D eigenvalue weighted by atomic mass is 16.5. The van der Waals surface area contributed by atoms with E-state index < -0.39 is 0 Å². The summed E-state index contributed by atoms with van der Waals surface area (Å²) in [4.78, 5) is 11.6. The molecule has 3 unspecified atom stereocenters. The predicted octanol–water partition coefficient (Wildman–Crippen LogP) is 1.75. The van der Waals surface area contributed by atoms with Crippen molar-refractivity contribution in [2.45, 2.75) is 26.1 Å². The van der Waals surface area contributed by atoms with E-state index in [9.17, 15) is 9.90 Å². The van der Waals surface area contributed by atoms with Crippen LogP contribution < -0.4 is 0 Å². The molecule has 0 aromatic heterocycles. The van der Waals surface area contributed by atoms with Gasteiger partial charge in [-0.05, 0) is 12.0 Å². The van der Waals surface area contributed by atoms with Gasteiger partial charge in [-0.2, -0.15) is 0 Å². The zero-order valence-electron chi connectivity index (χ0n) is 9.30. The van der Waals surface area contributed by atoms with E-state index in [4.69, 9.17) is 4.74 Å². The molecular formula is C13H16O3. The zero-order valence-corrected chi connectivity index (χ0v) is 9.30. The molecule has 1 N–H and O–H groups in total. The highest BCUT2D eigenvalue weighted by Gasteiger charge is 2.43. The Labute approximate surface area is 95.0 Å². The smallest absolute Gasteiger partial charge is 0.309 e. The summed E-state index contributed by atoms with van der Waals surface area (Å²) < 4.78 is 5.19. The lowest BCUT2D eigenvalue weighted by Gasteiger charge is -2.10. The molecule has 16 heavy (non-hydrogen) atoms. The van der Waals surface area contributed by atoms with Gasteiger partial charge in [-0.3, -0.25) is 4.79 Å². The van der Waals surface area contributed by atoms with Gasteiger partial charge < -0.3 is 9.84 Å². The SMILES string of the molecule is CC(C(=O)OCc1ccccc1)C1CC1O. The Morgan fingerprint density at radius 2 is 2.12 bits per heavy atom. The highest BCUT2D eigenvalue weighted by molar-refractivity contribution is 5.73. The summed E-state index contributed by atoms with van der Waals surface area (Å²) in [6.45, 7) is 2.13. The van der Waals surface area contributed by atoms with E-state index in [1.54, 1.807) is 0 Å². The van der Waals surface area contributed by atoms with Crippen LogP contribution in [-0.4, -0.2) is 17.2 Å². The molecule has 1 fully saturated rings. The number of carbonyl (C=O) groups excluding carboxylic acids is 1. The highest BCUT2D eigenvalue weighted by Crippen LogP contribution is 2.37. The maximum atomic E-state index is 11.6. The number of benzene rings is 1. The molecule has 1 aliphatic carbocycles. The fourth-order valence-electron chi connectivity index (χ4n) is 1.77. The van der Waals surface area contributed by atoms with E-state index in [0.717, 1.165) is 12.0 Å². The van der Waals surface area contributed by atoms with Crippen molar-refractivity contribution in [3.8, 4) is 0 Å². The summed E-state index contributed by atoms with van der Waals surface area (Å²) in [6, 6.07) is 9.59. The van der Waals surface area contributed by atoms with Crippen molar-refractivity contribution in [3.63, 3.8) is 0 Å². The largest absolute Gasteiger partial charge is 0.461 e. The van der Waals surface area contributed by atoms with E-state index in [2.05, 4.69) is 0 Å². The van der Waals surface area contributed by atoms with Crippen molar-refractivity contribution >= 4 is 5.97 Å². The molecule has 3 heteroatoms. The van der Waals surface area contributed by atoms with Crippen LogP contribution in [0.5, 0.6) is 0 Å². The molecular weight excluding hydrogens is 204 g/mol. The normalized spacial score (nSPS) is 24.9. The molecule has 0 aliphatic heterocycles. The van der Waals surface area contributed by atoms with Crippen molar-refractivity contribution < 1.29 is 14.6 Å². The number of rotatable bonds is 4. The van der Waals surface area contributed by atoms with Crippen molar-refractivity contribution in [1.29, 1.82) is 0 Å². The molecule has 0 heterocycles. The summed E-state index contributed by atoms with van der Waals surface area (Å²) in [5.41, 5.74) is 0.986. The van der Waals surface area contributed by atoms with Crippen molar-refractivity contribution in [3.05, 3.63) is 35.9 Å². The van der Waals surface area contributed by atoms with Gasteiger partial charge in [-0.25, -0.2) is 0 Å². The number of aliphatic hydroxyl groups excluding tert-OH is 1. The lowest BCUT2D eigenvalue weighted by Crippen LogP contribution is -2.17. The lowest BCUT2D eigenvalue weighted by atomic mass is 10.1. The minimum Gasteiger partial charge on any atom is -0.461 e. The Hall–Kier alpha value is -1.35. The minimum atomic E-state index is -0.306. The van der Waals surface area contributed by atoms with E-state index in [-0.39, 0.29) is 23.9 Å². The third-order valence-corrected chi connectivity index (χ3v) is 3.04. The van der Waals surface area contributed by atoms with Crippen LogP contribution in [0.3, 0.4) is 0 Å². The van der Waals surface area contributed by atoms with Gasteiger partial charge >= 0.3 is 5.97 Å². The van der Waals surface area contributed by atoms with Gasteiger partial charge in [0.05, 0.1) is 12.0 Å². The van der Waals surface area contributed by atoms with E-state index in [0.29, 0.717) is 6.61 Å². The van der Waals surface area contributed by atoms with Crippen LogP contribution in [0, 0.1) is 11.8 Å². The van der Waals surface area contributed by atoms with Gasteiger partial charge in [0.25, 0.3) is 0 Å². The molecule has 0 amide bonds. The number of ether oxygens (including phenoxy) is 1. The van der Waals surface area contributed by atoms with Crippen LogP contribution in [0.2, 0.25) is 0 Å². The number of hydrogen-bond acceptors (Lipinski definition) is 3. The fourth-order valence-corrected chi connectivity index (χ4v) is 1.77. The average Bonchev–Trinajstić information content (AvgIpc) is 3.03. The molecule has 0 radical (unpaired) electrons. The number of aliphatic hydroxyl groups is 1. The molecule has 3 nitrogen and oxygen atoms in total. The standard InChI is InChI=1S/C13H16O3/c1-9(11-7-12(11)14)13(15)16-8-10-5-3-2-4-6-10/h2-6,9,11-12,14H,7-8H2,1H3. The first-order valence-corrected chi connectivity index (χ1v) is 5.57. The second kappa shape index (κ2) is 4.66. The zero-order chi connectivity index (χ0) is 11.5. The summed E-state index contributed by atoms with van der Waals surface area (Å²) >= 11 is 0. The maximum absolute atomic E-state index is 11.6. The van der Waals surface area contributed by atoms with E-state index in [1.165, 1.54) is 0 Å². The number of carbonyl (C=O) groups is 1. The molecule has 0 spiro atoms. The topological polar surface area (TPSA) is 46.5 Å². The molecule has 1 aromatic carbocycles. The number of esters is 1. The van der Waals surface area contributed by atoms with Crippen LogP contribution in [0.4, 0.5) is 0 Å². The second-order valence-electron chi connectivity index (χ2n) is 4.35. The van der Waals surface area contributed by atoms with Crippen LogP contribution in [-0.2, 0) is 16.1 Å². The molecule has 1 aromatic rings. The fraction of sp³-hybridized carbons (Fsp3) is 0.462. The van der Waals surface area contributed by atoms with E-state index in [1.807, 2.05) is 37.3 Å². The Balaban J connectivity index is 1.80. The van der Waals surface area contributed by atoms with Gasteiger partial charge in [0.15, 0.2) is 0 Å². The second-order valence-corrected chi connectivity index (χ2v) is 4.35. The van der Waals surface area contributed by atoms with Crippen molar-refractivity contribution in [1.82, 2.24) is 0 Å². The summed E-state index contributed by atoms with van der Waals surface area (Å²) in [7, 11) is 0. The molecule has 0 saturated heterocycles. The van der Waals surface area contributed by atoms with Gasteiger partial charge in [0, 0.05) is 5.92 Å². The third-order valence-electron chi connectivity index (χ3n) is 3.04. The summed E-state index contributed by atoms with van der Waals surface area (Å²) in [6.07, 6.45) is 0.418. The van der Waals surface area contributed by atoms with Gasteiger partial charge in [-0.15, -0.1) is 0 Å². The molecule has 2 rings (SSSR count). The Kier molecular flexibility index (Phi) is 3.25. The first kappa shape index (κ1) is 11.1. The first-order valence-electron chi connectivity index (χ1n) is 5.57. The van der Waals surface area contributed by atoms with Gasteiger partial charge in [-0.1, -0.05) is 37.3 Å². The molecule has 1 saturated carbocycles. The minimum absolute atomic E-state index is 0.100. The molecule has 0 bridgehead atoms. The van der Waals surface area contributed by atoms with Crippen LogP contribution in [0.15, 0.2) is 30.3 Å². The monoisotopic (exact) mass is 220 g/mol. The van der Waals surface area contributed by atoms with Crippen molar-refractivity contribution in [2.24, 2.45) is 11.8 Å². The molecule has 86 valence electrons. The predicted molar refractivity (Wildman–Crippen MR) is 59.5 cm³/mol. The maximum Gasteiger partial charge on any atom is 0.309 e. The Morgan fingerprint density at radius 3 is 2.69 bits per heavy atom. The van der Waals surface area contributed by atoms with Crippen molar-refractivity contribution in [2.75, 3.05) is 0 Å². The van der Waals surface area contributed by atoms with E-state index >= 15 is 0 Å². The third kappa shape index (κ3) is 2.61. The Bertz CT molecular complexity index is 361. The Morgan fingerprint density at radius 1 is 1.50 bits per heavy atom. The molecule has 1 aliphatic rings. The quantitative estimate of drug-likeness (QED) is 0.786. The van der Waals surface area contributed by atoms with Gasteiger partial charge in [0.2, 0.25) is 0 Å². The summed E-state index contributed by atoms with van der Waals surface area (Å²) in [5.74, 6) is -0.313. The lowest BCUT2D eigenvalue weighted by molar-refractivity contribution is -0.150. The van der Waals surface area contributed by atoms with Crippen LogP contribution in [0.25, 0.3) is 0 Å². The average molecular weight is 220 g/mol. The first-order chi connectivity index (χ1) is 7.68. The molecule has 3 atom stereocenters. The summed E-state index contributed by atoms with van der Waals surface area (Å²) in [5, 5.41) is 9.22. The van der Waals surface area contributed by atoms with Gasteiger partial charge in [0.1, 0.15) is 6.61 Å². The van der Waals surface area contributed by atoms with Crippen LogP contribution >= 0.6 is 0 Å². The van der Waals surface area contributed by atoms with Crippen LogP contribution in [0.1, 0.15) is 18.9 Å². The number of hydrogen-bond donors (Lipinski definition) is 1.